The first-order valence-electron chi connectivity index (χ1n) is 11.8. The van der Waals surface area contributed by atoms with Crippen LogP contribution in [0.4, 0.5) is 5.69 Å². The van der Waals surface area contributed by atoms with Gasteiger partial charge in [-0.3, -0.25) is 4.40 Å². The number of hydrogen-bond donors (Lipinski definition) is 0. The summed E-state index contributed by atoms with van der Waals surface area (Å²) in [6.45, 7) is 2.43. The molecule has 0 spiro atoms. The molecule has 5 rings (SSSR count). The van der Waals surface area contributed by atoms with Crippen LogP contribution < -0.4 is 4.90 Å². The number of fused-ring (bicyclic) bond motifs is 1. The summed E-state index contributed by atoms with van der Waals surface area (Å²) >= 11 is 0. The van der Waals surface area contributed by atoms with Gasteiger partial charge < -0.3 is 9.64 Å². The van der Waals surface area contributed by atoms with Crippen LogP contribution in [0.15, 0.2) is 47.5 Å². The number of benzene rings is 1. The van der Waals surface area contributed by atoms with E-state index in [1.165, 1.54) is 17.5 Å². The Balaban J connectivity index is 1.47. The van der Waals surface area contributed by atoms with Gasteiger partial charge >= 0.3 is 5.97 Å². The van der Waals surface area contributed by atoms with E-state index in [0.29, 0.717) is 25.3 Å². The number of anilines is 1. The van der Waals surface area contributed by atoms with Crippen molar-refractivity contribution in [2.45, 2.75) is 42.9 Å². The number of pyridine rings is 1. The summed E-state index contributed by atoms with van der Waals surface area (Å²) in [6, 6.07) is 10.6. The second kappa shape index (κ2) is 9.34. The summed E-state index contributed by atoms with van der Waals surface area (Å²) in [7, 11) is -2.34. The van der Waals surface area contributed by atoms with E-state index in [1.54, 1.807) is 12.1 Å². The molecule has 1 aromatic carbocycles. The smallest absolute Gasteiger partial charge is 0.340 e. The third-order valence-electron chi connectivity index (χ3n) is 6.79. The predicted molar refractivity (Wildman–Crippen MR) is 128 cm³/mol. The van der Waals surface area contributed by atoms with Crippen LogP contribution in [-0.2, 0) is 14.8 Å². The maximum absolute atomic E-state index is 13.2. The summed E-state index contributed by atoms with van der Waals surface area (Å²) in [5, 5.41) is 8.71. The van der Waals surface area contributed by atoms with Crippen LogP contribution in [0.2, 0.25) is 0 Å². The first-order valence-corrected chi connectivity index (χ1v) is 13.2. The van der Waals surface area contributed by atoms with E-state index >= 15 is 0 Å². The summed E-state index contributed by atoms with van der Waals surface area (Å²) in [6.07, 6.45) is 6.59. The van der Waals surface area contributed by atoms with Crippen LogP contribution in [-0.4, -0.2) is 66.6 Å². The van der Waals surface area contributed by atoms with Crippen LogP contribution >= 0.6 is 0 Å². The third kappa shape index (κ3) is 4.16. The number of rotatable bonds is 5. The summed E-state index contributed by atoms with van der Waals surface area (Å²) in [4.78, 5) is 15.0. The molecule has 0 radical (unpaired) electrons. The first kappa shape index (κ1) is 22.8. The minimum Gasteiger partial charge on any atom is -0.465 e. The number of carbonyl (C=O) groups is 1. The number of piperidine rings is 2. The van der Waals surface area contributed by atoms with Gasteiger partial charge in [-0.05, 0) is 56.0 Å². The average molecular weight is 484 g/mol. The minimum atomic E-state index is -3.66. The van der Waals surface area contributed by atoms with Crippen molar-refractivity contribution >= 4 is 27.3 Å². The number of hydrogen-bond acceptors (Lipinski definition) is 7. The molecule has 9 nitrogen and oxygen atoms in total. The molecule has 0 unspecified atom stereocenters. The van der Waals surface area contributed by atoms with Gasteiger partial charge in [0.15, 0.2) is 5.65 Å². The molecule has 3 aromatic rings. The highest BCUT2D eigenvalue weighted by molar-refractivity contribution is 7.89. The van der Waals surface area contributed by atoms with Gasteiger partial charge in [-0.15, -0.1) is 10.2 Å². The topological polar surface area (TPSA) is 97.1 Å². The number of sulfonamides is 1. The second-order valence-corrected chi connectivity index (χ2v) is 10.8. The molecule has 0 saturated carbocycles. The van der Waals surface area contributed by atoms with Gasteiger partial charge in [0, 0.05) is 38.3 Å². The van der Waals surface area contributed by atoms with E-state index in [0.717, 1.165) is 50.1 Å². The second-order valence-electron chi connectivity index (χ2n) is 8.91. The molecule has 2 aliphatic rings. The van der Waals surface area contributed by atoms with E-state index in [2.05, 4.69) is 15.1 Å². The molecule has 2 saturated heterocycles. The molecular formula is C24H29N5O4S. The Morgan fingerprint density at radius 1 is 1.03 bits per heavy atom. The Morgan fingerprint density at radius 3 is 2.65 bits per heavy atom. The maximum Gasteiger partial charge on any atom is 0.340 e. The highest BCUT2D eigenvalue weighted by atomic mass is 32.2. The van der Waals surface area contributed by atoms with Crippen molar-refractivity contribution in [1.82, 2.24) is 18.9 Å². The largest absolute Gasteiger partial charge is 0.465 e. The maximum atomic E-state index is 13.2. The van der Waals surface area contributed by atoms with Gasteiger partial charge in [0.05, 0.1) is 23.3 Å². The molecule has 180 valence electrons. The van der Waals surface area contributed by atoms with E-state index in [-0.39, 0.29) is 16.4 Å². The lowest BCUT2D eigenvalue weighted by molar-refractivity contribution is 0.0601. The van der Waals surface area contributed by atoms with Crippen LogP contribution in [0.3, 0.4) is 0 Å². The quantitative estimate of drug-likeness (QED) is 0.515. The zero-order valence-electron chi connectivity index (χ0n) is 19.3. The zero-order chi connectivity index (χ0) is 23.7. The molecule has 0 amide bonds. The van der Waals surface area contributed by atoms with Crippen LogP contribution in [0.25, 0.3) is 5.65 Å². The minimum absolute atomic E-state index is 0.133. The van der Waals surface area contributed by atoms with E-state index in [9.17, 15) is 13.2 Å². The first-order chi connectivity index (χ1) is 16.5. The predicted octanol–water partition coefficient (Wildman–Crippen LogP) is 3.07. The van der Waals surface area contributed by atoms with Crippen molar-refractivity contribution in [2.75, 3.05) is 38.2 Å². The highest BCUT2D eigenvalue weighted by Crippen LogP contribution is 2.33. The van der Waals surface area contributed by atoms with Crippen molar-refractivity contribution < 1.29 is 17.9 Å². The number of carbonyl (C=O) groups excluding carboxylic acids is 1. The molecule has 0 N–H and O–H groups in total. The van der Waals surface area contributed by atoms with Crippen molar-refractivity contribution in [3.63, 3.8) is 0 Å². The molecule has 10 heteroatoms. The summed E-state index contributed by atoms with van der Waals surface area (Å²) < 4.78 is 35.0. The Labute approximate surface area is 199 Å². The molecule has 34 heavy (non-hydrogen) atoms. The van der Waals surface area contributed by atoms with Gasteiger partial charge in [0.1, 0.15) is 5.82 Å². The van der Waals surface area contributed by atoms with Gasteiger partial charge in [-0.2, -0.15) is 4.31 Å². The Bertz CT molecular complexity index is 1300. The van der Waals surface area contributed by atoms with E-state index < -0.39 is 16.0 Å². The molecule has 0 bridgehead atoms. The molecule has 1 atom stereocenters. The van der Waals surface area contributed by atoms with E-state index in [4.69, 9.17) is 4.74 Å². The van der Waals surface area contributed by atoms with E-state index in [1.807, 2.05) is 28.8 Å². The Hall–Kier alpha value is -2.98. The van der Waals surface area contributed by atoms with Crippen LogP contribution in [0.1, 0.15) is 54.2 Å². The average Bonchev–Trinajstić information content (AvgIpc) is 3.33. The fraction of sp³-hybridized carbons (Fsp3) is 0.458. The zero-order valence-corrected chi connectivity index (χ0v) is 20.1. The fourth-order valence-electron chi connectivity index (χ4n) is 5.02. The monoisotopic (exact) mass is 483 g/mol. The van der Waals surface area contributed by atoms with Gasteiger partial charge in [0.2, 0.25) is 10.0 Å². The van der Waals surface area contributed by atoms with Crippen molar-refractivity contribution in [1.29, 1.82) is 0 Å². The lowest BCUT2D eigenvalue weighted by Gasteiger charge is -2.35. The Morgan fingerprint density at radius 2 is 1.85 bits per heavy atom. The normalized spacial score (nSPS) is 19.9. The van der Waals surface area contributed by atoms with Crippen molar-refractivity contribution in [3.8, 4) is 0 Å². The number of ether oxygens (including phenoxy) is 1. The fourth-order valence-corrected chi connectivity index (χ4v) is 6.57. The van der Waals surface area contributed by atoms with Crippen molar-refractivity contribution in [3.05, 3.63) is 54.0 Å². The lowest BCUT2D eigenvalue weighted by atomic mass is 9.96. The molecule has 2 aromatic heterocycles. The van der Waals surface area contributed by atoms with Gasteiger partial charge in [0.25, 0.3) is 0 Å². The third-order valence-corrected chi connectivity index (χ3v) is 8.69. The highest BCUT2D eigenvalue weighted by Gasteiger charge is 2.31. The number of methoxy groups -OCH3 is 1. The lowest BCUT2D eigenvalue weighted by Crippen LogP contribution is -2.37. The molecule has 2 fully saturated rings. The van der Waals surface area contributed by atoms with Gasteiger partial charge in [-0.25, -0.2) is 13.2 Å². The van der Waals surface area contributed by atoms with Crippen LogP contribution in [0.5, 0.6) is 0 Å². The molecule has 4 heterocycles. The summed E-state index contributed by atoms with van der Waals surface area (Å²) in [5.74, 6) is 0.485. The van der Waals surface area contributed by atoms with Crippen molar-refractivity contribution in [2.24, 2.45) is 0 Å². The van der Waals surface area contributed by atoms with Crippen LogP contribution in [0, 0.1) is 0 Å². The van der Waals surface area contributed by atoms with Gasteiger partial charge in [-0.1, -0.05) is 12.5 Å². The summed E-state index contributed by atoms with van der Waals surface area (Å²) in [5.41, 5.74) is 1.76. The standard InChI is InChI=1S/C24H29N5O4S/c1-33-24(30)20-16-19(34(31,32)28-13-4-2-5-14-28)10-11-21(20)27-12-7-8-18(17-27)23-26-25-22-9-3-6-15-29(22)23/h3,6,9-11,15-16,18H,2,4-5,7-8,12-14,17H2,1H3/t18-/m0/s1. The molecular weight excluding hydrogens is 454 g/mol. The molecule has 2 aliphatic heterocycles. The number of nitrogens with zero attached hydrogens (tertiary/aromatic N) is 5. The number of aromatic nitrogens is 3. The Kier molecular flexibility index (Phi) is 6.26. The molecule has 0 aliphatic carbocycles. The number of esters is 1. The SMILES string of the molecule is COC(=O)c1cc(S(=O)(=O)N2CCCCC2)ccc1N1CCC[C@H](c2nnc3ccccn23)C1.